The fourth-order valence-electron chi connectivity index (χ4n) is 5.14. The van der Waals surface area contributed by atoms with Gasteiger partial charge in [-0.3, -0.25) is 9.78 Å². The molecule has 0 radical (unpaired) electrons. The van der Waals surface area contributed by atoms with Crippen molar-refractivity contribution in [2.24, 2.45) is 11.8 Å². The lowest BCUT2D eigenvalue weighted by molar-refractivity contribution is 0.0981. The number of sulfonamides is 1. The first-order valence-electron chi connectivity index (χ1n) is 13.3. The van der Waals surface area contributed by atoms with E-state index in [-0.39, 0.29) is 21.9 Å². The summed E-state index contributed by atoms with van der Waals surface area (Å²) in [5, 5.41) is -0.324. The largest absolute Gasteiger partial charge is 0.384 e. The summed E-state index contributed by atoms with van der Waals surface area (Å²) in [4.78, 5) is 29.3. The van der Waals surface area contributed by atoms with E-state index in [9.17, 15) is 13.2 Å². The van der Waals surface area contributed by atoms with Crippen molar-refractivity contribution in [2.45, 2.75) is 71.4 Å². The number of pyridine rings is 3. The van der Waals surface area contributed by atoms with Gasteiger partial charge in [-0.25, -0.2) is 14.7 Å². The molecule has 0 aliphatic carbocycles. The van der Waals surface area contributed by atoms with Crippen LogP contribution in [0.3, 0.4) is 0 Å². The highest BCUT2D eigenvalue weighted by Gasteiger charge is 2.39. The number of carbonyl (C=O) groups excluding carboxylic acids is 1. The summed E-state index contributed by atoms with van der Waals surface area (Å²) in [5.41, 5.74) is 9.05. The van der Waals surface area contributed by atoms with Crippen molar-refractivity contribution in [3.05, 3.63) is 59.3 Å². The molecule has 4 heterocycles. The molecule has 1 unspecified atom stereocenters. The van der Waals surface area contributed by atoms with Gasteiger partial charge in [0, 0.05) is 17.8 Å². The molecule has 4 rings (SSSR count). The summed E-state index contributed by atoms with van der Waals surface area (Å²) in [6, 6.07) is 11.6. The second kappa shape index (κ2) is 10.9. The van der Waals surface area contributed by atoms with Gasteiger partial charge < -0.3 is 10.6 Å². The Balaban J connectivity index is 1.76. The molecule has 3 aromatic rings. The van der Waals surface area contributed by atoms with E-state index in [1.54, 1.807) is 12.1 Å². The molecule has 9 nitrogen and oxygen atoms in total. The number of rotatable bonds is 8. The van der Waals surface area contributed by atoms with Crippen LogP contribution in [-0.4, -0.2) is 41.4 Å². The van der Waals surface area contributed by atoms with Gasteiger partial charge in [-0.15, -0.1) is 0 Å². The minimum absolute atomic E-state index is 0.0446. The van der Waals surface area contributed by atoms with Crippen LogP contribution in [0.4, 0.5) is 11.6 Å². The lowest BCUT2D eigenvalue weighted by atomic mass is 9.97. The normalized spacial score (nSPS) is 17.0. The first kappa shape index (κ1) is 28.5. The minimum Gasteiger partial charge on any atom is -0.384 e. The fraction of sp³-hybridized carbons (Fsp3) is 0.448. The number of nitrogens with one attached hydrogen (secondary N) is 1. The molecular weight excluding hydrogens is 512 g/mol. The van der Waals surface area contributed by atoms with Gasteiger partial charge in [0.2, 0.25) is 0 Å². The average Bonchev–Trinajstić information content (AvgIpc) is 3.14. The van der Waals surface area contributed by atoms with Crippen molar-refractivity contribution >= 4 is 27.6 Å². The van der Waals surface area contributed by atoms with E-state index < -0.39 is 15.9 Å². The van der Waals surface area contributed by atoms with Crippen LogP contribution >= 0.6 is 0 Å². The number of carbonyl (C=O) groups is 1. The predicted molar refractivity (Wildman–Crippen MR) is 154 cm³/mol. The van der Waals surface area contributed by atoms with Crippen molar-refractivity contribution < 1.29 is 13.2 Å². The second-order valence-corrected chi connectivity index (χ2v) is 13.2. The van der Waals surface area contributed by atoms with Crippen LogP contribution in [0.2, 0.25) is 0 Å². The Morgan fingerprint density at radius 1 is 1.10 bits per heavy atom. The number of aryl methyl sites for hydroxylation is 2. The third kappa shape index (κ3) is 6.38. The van der Waals surface area contributed by atoms with Crippen molar-refractivity contribution in [2.75, 3.05) is 17.2 Å². The molecule has 3 N–H and O–H groups in total. The topological polar surface area (TPSA) is 131 Å². The number of nitrogen functional groups attached to an aromatic ring is 1. The van der Waals surface area contributed by atoms with Crippen molar-refractivity contribution in [1.29, 1.82) is 0 Å². The van der Waals surface area contributed by atoms with Crippen LogP contribution in [0.1, 0.15) is 69.1 Å². The SMILES string of the molecule is Cc1ccc(-c2ccc(C(=O)NS(=O)(=O)c3cccc(N)n3)c(N3CC(C)CC3(C)C)n2)nc1CCC(C)C. The maximum atomic E-state index is 13.5. The molecule has 1 saturated heterocycles. The van der Waals surface area contributed by atoms with Gasteiger partial charge in [0.1, 0.15) is 11.6 Å². The number of aromatic nitrogens is 3. The van der Waals surface area contributed by atoms with E-state index in [1.165, 1.54) is 18.2 Å². The molecular formula is C29H38N6O3S. The quantitative estimate of drug-likeness (QED) is 0.410. The Morgan fingerprint density at radius 2 is 1.79 bits per heavy atom. The number of hydrogen-bond donors (Lipinski definition) is 2. The van der Waals surface area contributed by atoms with Gasteiger partial charge in [0.15, 0.2) is 5.03 Å². The molecule has 10 heteroatoms. The monoisotopic (exact) mass is 550 g/mol. The van der Waals surface area contributed by atoms with Crippen LogP contribution in [0, 0.1) is 18.8 Å². The number of hydrogen-bond acceptors (Lipinski definition) is 8. The van der Waals surface area contributed by atoms with Crippen molar-refractivity contribution in [1.82, 2.24) is 19.7 Å². The molecule has 0 aromatic carbocycles. The standard InChI is InChI=1S/C29H38N6O3S/c1-18(2)10-13-22-20(4)11-14-23(31-22)24-15-12-21(27(32-24)35-17-19(3)16-29(35,5)6)28(36)34-39(37,38)26-9-7-8-25(30)33-26/h7-9,11-12,14-15,18-19H,10,13,16-17H2,1-6H3,(H2,30,33)(H,34,36). The van der Waals surface area contributed by atoms with E-state index in [0.717, 1.165) is 30.5 Å². The van der Waals surface area contributed by atoms with Gasteiger partial charge >= 0.3 is 0 Å². The third-order valence-electron chi connectivity index (χ3n) is 7.12. The first-order valence-corrected chi connectivity index (χ1v) is 14.8. The zero-order chi connectivity index (χ0) is 28.5. The highest BCUT2D eigenvalue weighted by molar-refractivity contribution is 7.90. The molecule has 39 heavy (non-hydrogen) atoms. The van der Waals surface area contributed by atoms with E-state index in [2.05, 4.69) is 56.1 Å². The smallest absolute Gasteiger partial charge is 0.281 e. The van der Waals surface area contributed by atoms with Crippen molar-refractivity contribution in [3.63, 3.8) is 0 Å². The molecule has 1 atom stereocenters. The molecule has 208 valence electrons. The summed E-state index contributed by atoms with van der Waals surface area (Å²) in [6.45, 7) is 13.5. The minimum atomic E-state index is -4.25. The Labute approximate surface area is 231 Å². The van der Waals surface area contributed by atoms with Gasteiger partial charge in [-0.2, -0.15) is 8.42 Å². The van der Waals surface area contributed by atoms with Crippen LogP contribution in [0.25, 0.3) is 11.4 Å². The molecule has 3 aromatic heterocycles. The Bertz CT molecular complexity index is 1490. The zero-order valence-electron chi connectivity index (χ0n) is 23.5. The highest BCUT2D eigenvalue weighted by atomic mass is 32.2. The summed E-state index contributed by atoms with van der Waals surface area (Å²) >= 11 is 0. The Kier molecular flexibility index (Phi) is 7.97. The summed E-state index contributed by atoms with van der Waals surface area (Å²) in [6.07, 6.45) is 2.82. The Morgan fingerprint density at radius 3 is 2.44 bits per heavy atom. The van der Waals surface area contributed by atoms with E-state index in [1.807, 2.05) is 12.1 Å². The second-order valence-electron chi connectivity index (χ2n) is 11.5. The molecule has 1 aliphatic rings. The summed E-state index contributed by atoms with van der Waals surface area (Å²) < 4.78 is 28.1. The van der Waals surface area contributed by atoms with Gasteiger partial charge in [0.05, 0.1) is 17.0 Å². The number of nitrogens with two attached hydrogens (primary N) is 1. The van der Waals surface area contributed by atoms with Crippen LogP contribution in [0.15, 0.2) is 47.5 Å². The molecule has 1 aliphatic heterocycles. The molecule has 1 amide bonds. The van der Waals surface area contributed by atoms with Crippen LogP contribution in [-0.2, 0) is 16.4 Å². The molecule has 0 saturated carbocycles. The molecule has 0 spiro atoms. The zero-order valence-corrected chi connectivity index (χ0v) is 24.3. The average molecular weight is 551 g/mol. The van der Waals surface area contributed by atoms with Gasteiger partial charge in [-0.1, -0.05) is 32.9 Å². The Hall–Kier alpha value is -3.53. The lowest BCUT2D eigenvalue weighted by Crippen LogP contribution is -2.41. The summed E-state index contributed by atoms with van der Waals surface area (Å²) in [5.74, 6) is 0.639. The number of amides is 1. The maximum absolute atomic E-state index is 13.5. The van der Waals surface area contributed by atoms with E-state index in [4.69, 9.17) is 15.7 Å². The summed E-state index contributed by atoms with van der Waals surface area (Å²) in [7, 11) is -4.25. The van der Waals surface area contributed by atoms with Crippen molar-refractivity contribution in [3.8, 4) is 11.4 Å². The third-order valence-corrected chi connectivity index (χ3v) is 8.35. The van der Waals surface area contributed by atoms with Crippen LogP contribution in [0.5, 0.6) is 0 Å². The molecule has 0 bridgehead atoms. The van der Waals surface area contributed by atoms with Crippen LogP contribution < -0.4 is 15.4 Å². The lowest BCUT2D eigenvalue weighted by Gasteiger charge is -2.34. The fourth-order valence-corrected chi connectivity index (χ4v) is 6.08. The molecule has 1 fully saturated rings. The number of nitrogens with zero attached hydrogens (tertiary/aromatic N) is 4. The highest BCUT2D eigenvalue weighted by Crippen LogP contribution is 2.38. The number of anilines is 2. The van der Waals surface area contributed by atoms with E-state index in [0.29, 0.717) is 35.6 Å². The predicted octanol–water partition coefficient (Wildman–Crippen LogP) is 4.76. The first-order chi connectivity index (χ1) is 18.3. The maximum Gasteiger partial charge on any atom is 0.281 e. The van der Waals surface area contributed by atoms with Gasteiger partial charge in [0.25, 0.3) is 15.9 Å². The van der Waals surface area contributed by atoms with E-state index >= 15 is 0 Å². The van der Waals surface area contributed by atoms with Gasteiger partial charge in [-0.05, 0) is 87.8 Å².